The van der Waals surface area contributed by atoms with Crippen molar-refractivity contribution in [2.75, 3.05) is 18.5 Å². The molecule has 0 aliphatic carbocycles. The molecule has 114 valence electrons. The summed E-state index contributed by atoms with van der Waals surface area (Å²) in [5.74, 6) is 0. The third kappa shape index (κ3) is 4.53. The molecule has 0 radical (unpaired) electrons. The number of aromatic nitrogens is 1. The Bertz CT molecular complexity index is 583. The second kappa shape index (κ2) is 7.92. The quantitative estimate of drug-likeness (QED) is 0.737. The van der Waals surface area contributed by atoms with Gasteiger partial charge in [0, 0.05) is 29.5 Å². The van der Waals surface area contributed by atoms with Gasteiger partial charge in [-0.1, -0.05) is 41.1 Å². The minimum absolute atomic E-state index is 0.857. The standard InChI is InChI=1S/C16H22BrN3S/c1-4-9-18-10-15-12(2)19-16(21-15)20(3)11-13-7-5-6-8-14(13)17/h5-8,18H,4,9-11H2,1-3H3. The molecule has 0 bridgehead atoms. The molecule has 21 heavy (non-hydrogen) atoms. The molecule has 2 aromatic rings. The van der Waals surface area contributed by atoms with Crippen LogP contribution in [0.2, 0.25) is 0 Å². The number of nitrogens with one attached hydrogen (secondary N) is 1. The predicted octanol–water partition coefficient (Wildman–Crippen LogP) is 4.35. The summed E-state index contributed by atoms with van der Waals surface area (Å²) < 4.78 is 1.15. The summed E-state index contributed by atoms with van der Waals surface area (Å²) in [5, 5.41) is 4.53. The van der Waals surface area contributed by atoms with Crippen molar-refractivity contribution in [2.24, 2.45) is 0 Å². The summed E-state index contributed by atoms with van der Waals surface area (Å²) in [4.78, 5) is 8.24. The minimum Gasteiger partial charge on any atom is -0.347 e. The minimum atomic E-state index is 0.857. The predicted molar refractivity (Wildman–Crippen MR) is 95.1 cm³/mol. The molecule has 0 aliphatic rings. The Kier molecular flexibility index (Phi) is 6.21. The van der Waals surface area contributed by atoms with Crippen molar-refractivity contribution in [3.63, 3.8) is 0 Å². The first-order valence-corrected chi connectivity index (χ1v) is 8.84. The van der Waals surface area contributed by atoms with E-state index in [0.29, 0.717) is 0 Å². The van der Waals surface area contributed by atoms with Gasteiger partial charge in [-0.2, -0.15) is 0 Å². The van der Waals surface area contributed by atoms with Crippen LogP contribution in [0.4, 0.5) is 5.13 Å². The maximum Gasteiger partial charge on any atom is 0.185 e. The fourth-order valence-corrected chi connectivity index (χ4v) is 3.47. The van der Waals surface area contributed by atoms with E-state index in [1.165, 1.54) is 10.4 Å². The van der Waals surface area contributed by atoms with E-state index in [0.717, 1.165) is 41.4 Å². The number of benzene rings is 1. The Hall–Kier alpha value is -0.910. The fraction of sp³-hybridized carbons (Fsp3) is 0.438. The molecule has 1 heterocycles. The van der Waals surface area contributed by atoms with Crippen LogP contribution >= 0.6 is 27.3 Å². The molecule has 0 saturated heterocycles. The van der Waals surface area contributed by atoms with Gasteiger partial charge >= 0.3 is 0 Å². The van der Waals surface area contributed by atoms with E-state index < -0.39 is 0 Å². The van der Waals surface area contributed by atoms with Crippen LogP contribution in [0.5, 0.6) is 0 Å². The molecule has 2 rings (SSSR count). The first-order valence-electron chi connectivity index (χ1n) is 7.23. The Balaban J connectivity index is 2.04. The van der Waals surface area contributed by atoms with Gasteiger partial charge in [0.15, 0.2) is 5.13 Å². The maximum atomic E-state index is 4.70. The number of halogens is 1. The second-order valence-corrected chi connectivity index (χ2v) is 7.05. The lowest BCUT2D eigenvalue weighted by Crippen LogP contribution is -2.16. The van der Waals surface area contributed by atoms with Crippen molar-refractivity contribution in [3.05, 3.63) is 44.9 Å². The molecule has 0 unspecified atom stereocenters. The van der Waals surface area contributed by atoms with Crippen LogP contribution in [0.1, 0.15) is 29.5 Å². The van der Waals surface area contributed by atoms with Crippen LogP contribution in [0.15, 0.2) is 28.7 Å². The van der Waals surface area contributed by atoms with Crippen LogP contribution in [0, 0.1) is 6.92 Å². The molecule has 0 fully saturated rings. The van der Waals surface area contributed by atoms with E-state index in [2.05, 4.69) is 65.2 Å². The molecule has 0 aliphatic heterocycles. The molecule has 3 nitrogen and oxygen atoms in total. The summed E-state index contributed by atoms with van der Waals surface area (Å²) in [6, 6.07) is 8.33. The number of hydrogen-bond donors (Lipinski definition) is 1. The maximum absolute atomic E-state index is 4.70. The largest absolute Gasteiger partial charge is 0.347 e. The molecule has 1 aromatic carbocycles. The van der Waals surface area contributed by atoms with Crippen LogP contribution < -0.4 is 10.2 Å². The van der Waals surface area contributed by atoms with Gasteiger partial charge < -0.3 is 10.2 Å². The number of hydrogen-bond acceptors (Lipinski definition) is 4. The number of aryl methyl sites for hydroxylation is 1. The van der Waals surface area contributed by atoms with Gasteiger partial charge in [0.2, 0.25) is 0 Å². The number of anilines is 1. The van der Waals surface area contributed by atoms with E-state index in [9.17, 15) is 0 Å². The summed E-state index contributed by atoms with van der Waals surface area (Å²) in [5.41, 5.74) is 2.41. The van der Waals surface area contributed by atoms with Gasteiger partial charge in [0.25, 0.3) is 0 Å². The Morgan fingerprint density at radius 3 is 2.81 bits per heavy atom. The van der Waals surface area contributed by atoms with Gasteiger partial charge in [0.1, 0.15) is 0 Å². The topological polar surface area (TPSA) is 28.2 Å². The highest BCUT2D eigenvalue weighted by Crippen LogP contribution is 2.27. The number of rotatable bonds is 7. The van der Waals surface area contributed by atoms with Crippen molar-refractivity contribution < 1.29 is 0 Å². The monoisotopic (exact) mass is 367 g/mol. The van der Waals surface area contributed by atoms with E-state index >= 15 is 0 Å². The van der Waals surface area contributed by atoms with Crippen LogP contribution in [0.25, 0.3) is 0 Å². The Labute approximate surface area is 139 Å². The van der Waals surface area contributed by atoms with E-state index in [1.807, 2.05) is 6.07 Å². The SMILES string of the molecule is CCCNCc1sc(N(C)Cc2ccccc2Br)nc1C. The van der Waals surface area contributed by atoms with Crippen LogP contribution in [-0.2, 0) is 13.1 Å². The molecule has 1 aromatic heterocycles. The number of nitrogens with zero attached hydrogens (tertiary/aromatic N) is 2. The van der Waals surface area contributed by atoms with Gasteiger partial charge in [-0.15, -0.1) is 11.3 Å². The zero-order valence-corrected chi connectivity index (χ0v) is 15.2. The van der Waals surface area contributed by atoms with Gasteiger partial charge in [-0.25, -0.2) is 4.98 Å². The molecule has 1 N–H and O–H groups in total. The lowest BCUT2D eigenvalue weighted by atomic mass is 10.2. The first kappa shape index (κ1) is 16.5. The van der Waals surface area contributed by atoms with Crippen molar-refractivity contribution in [1.29, 1.82) is 0 Å². The van der Waals surface area contributed by atoms with Crippen molar-refractivity contribution in [1.82, 2.24) is 10.3 Å². The molecular formula is C16H22BrN3S. The molecule has 0 spiro atoms. The van der Waals surface area contributed by atoms with Crippen molar-refractivity contribution in [2.45, 2.75) is 33.4 Å². The highest BCUT2D eigenvalue weighted by Gasteiger charge is 2.12. The highest BCUT2D eigenvalue weighted by atomic mass is 79.9. The fourth-order valence-electron chi connectivity index (χ4n) is 2.07. The molecule has 0 amide bonds. The van der Waals surface area contributed by atoms with E-state index in [1.54, 1.807) is 11.3 Å². The molecule has 0 saturated carbocycles. The average molecular weight is 368 g/mol. The molecule has 0 atom stereocenters. The summed E-state index contributed by atoms with van der Waals surface area (Å²) in [6.45, 7) is 7.11. The Morgan fingerprint density at radius 2 is 2.10 bits per heavy atom. The van der Waals surface area contributed by atoms with Gasteiger partial charge in [0.05, 0.1) is 5.69 Å². The average Bonchev–Trinajstić information content (AvgIpc) is 2.83. The van der Waals surface area contributed by atoms with Crippen molar-refractivity contribution >= 4 is 32.4 Å². The summed E-state index contributed by atoms with van der Waals surface area (Å²) in [7, 11) is 2.10. The van der Waals surface area contributed by atoms with Gasteiger partial charge in [-0.05, 0) is 31.5 Å². The third-order valence-corrected chi connectivity index (χ3v) is 5.33. The normalized spacial score (nSPS) is 10.9. The summed E-state index contributed by atoms with van der Waals surface area (Å²) in [6.07, 6.45) is 1.16. The van der Waals surface area contributed by atoms with E-state index in [4.69, 9.17) is 4.98 Å². The third-order valence-electron chi connectivity index (χ3n) is 3.29. The summed E-state index contributed by atoms with van der Waals surface area (Å²) >= 11 is 5.39. The van der Waals surface area contributed by atoms with Crippen LogP contribution in [0.3, 0.4) is 0 Å². The zero-order valence-electron chi connectivity index (χ0n) is 12.8. The second-order valence-electron chi connectivity index (χ2n) is 5.13. The lowest BCUT2D eigenvalue weighted by Gasteiger charge is -2.16. The van der Waals surface area contributed by atoms with Crippen LogP contribution in [-0.4, -0.2) is 18.6 Å². The smallest absolute Gasteiger partial charge is 0.185 e. The molecular weight excluding hydrogens is 346 g/mol. The van der Waals surface area contributed by atoms with Crippen molar-refractivity contribution in [3.8, 4) is 0 Å². The highest BCUT2D eigenvalue weighted by molar-refractivity contribution is 9.10. The zero-order chi connectivity index (χ0) is 15.2. The Morgan fingerprint density at radius 1 is 1.33 bits per heavy atom. The number of thiazole rings is 1. The first-order chi connectivity index (χ1) is 10.1. The lowest BCUT2D eigenvalue weighted by molar-refractivity contribution is 0.678. The molecule has 5 heteroatoms. The van der Waals surface area contributed by atoms with E-state index in [-0.39, 0.29) is 0 Å². The van der Waals surface area contributed by atoms with Gasteiger partial charge in [-0.3, -0.25) is 0 Å².